The van der Waals surface area contributed by atoms with Gasteiger partial charge < -0.3 is 5.32 Å². The topological polar surface area (TPSA) is 64.7 Å². The van der Waals surface area contributed by atoms with Crippen LogP contribution in [0, 0.1) is 20.8 Å². The van der Waals surface area contributed by atoms with Gasteiger partial charge in [0, 0.05) is 11.1 Å². The molecule has 0 bridgehead atoms. The molecule has 160 valence electrons. The summed E-state index contributed by atoms with van der Waals surface area (Å²) in [5, 5.41) is 13.7. The molecule has 3 aromatic heterocycles. The monoisotopic (exact) mass is 461 g/mol. The number of aryl methyl sites for hydroxylation is 2. The molecule has 0 saturated heterocycles. The summed E-state index contributed by atoms with van der Waals surface area (Å²) < 4.78 is 3.69. The number of para-hydroxylation sites is 1. The van der Waals surface area contributed by atoms with E-state index in [1.807, 2.05) is 86.1 Å². The van der Waals surface area contributed by atoms with Gasteiger partial charge in [-0.25, -0.2) is 9.36 Å². The number of nitrogens with zero attached hydrogens (tertiary/aromatic N) is 4. The van der Waals surface area contributed by atoms with Crippen LogP contribution in [0.3, 0.4) is 0 Å². The minimum atomic E-state index is -0.146. The number of carbonyl (C=O) groups is 1. The normalized spacial score (nSPS) is 11.2. The summed E-state index contributed by atoms with van der Waals surface area (Å²) in [5.74, 6) is -0.146. The van der Waals surface area contributed by atoms with E-state index in [4.69, 9.17) is 11.6 Å². The molecule has 32 heavy (non-hydrogen) atoms. The minimum Gasteiger partial charge on any atom is -0.321 e. The lowest BCUT2D eigenvalue weighted by molar-refractivity contribution is 0.103. The van der Waals surface area contributed by atoms with Crippen molar-refractivity contribution in [1.29, 1.82) is 0 Å². The summed E-state index contributed by atoms with van der Waals surface area (Å²) in [7, 11) is 0. The highest BCUT2D eigenvalue weighted by atomic mass is 35.5. The highest BCUT2D eigenvalue weighted by Gasteiger charge is 2.17. The molecule has 0 fully saturated rings. The number of rotatable bonds is 4. The van der Waals surface area contributed by atoms with Gasteiger partial charge in [0.05, 0.1) is 38.4 Å². The molecule has 3 heterocycles. The number of anilines is 1. The number of carbonyl (C=O) groups excluding carboxylic acids is 1. The summed E-state index contributed by atoms with van der Waals surface area (Å²) in [5.41, 5.74) is 5.14. The van der Waals surface area contributed by atoms with Crippen LogP contribution in [0.2, 0.25) is 5.02 Å². The lowest BCUT2D eigenvalue weighted by Gasteiger charge is -2.07. The predicted octanol–water partition coefficient (Wildman–Crippen LogP) is 6.10. The molecule has 1 amide bonds. The van der Waals surface area contributed by atoms with Crippen LogP contribution in [-0.4, -0.2) is 25.5 Å². The van der Waals surface area contributed by atoms with Gasteiger partial charge in [-0.3, -0.25) is 4.79 Å². The highest BCUT2D eigenvalue weighted by molar-refractivity contribution is 7.20. The van der Waals surface area contributed by atoms with Crippen LogP contribution >= 0.6 is 22.9 Å². The third kappa shape index (κ3) is 3.49. The van der Waals surface area contributed by atoms with Crippen molar-refractivity contribution in [1.82, 2.24) is 19.6 Å². The standard InChI is InChI=1S/C24H20ClN5OS/c1-14-20-13-21(32-24(20)30(27-14)18-7-5-4-6-8-18)23(31)26-17-9-11-19(12-10-17)29-16(3)22(25)15(2)28-29/h4-13H,1-3H3,(H,26,31). The zero-order valence-electron chi connectivity index (χ0n) is 17.8. The molecular weight excluding hydrogens is 442 g/mol. The predicted molar refractivity (Wildman–Crippen MR) is 130 cm³/mol. The van der Waals surface area contributed by atoms with E-state index in [0.717, 1.165) is 38.7 Å². The van der Waals surface area contributed by atoms with Gasteiger partial charge in [-0.1, -0.05) is 29.8 Å². The summed E-state index contributed by atoms with van der Waals surface area (Å²) in [4.78, 5) is 14.5. The molecule has 8 heteroatoms. The first-order valence-corrected chi connectivity index (χ1v) is 11.3. The van der Waals surface area contributed by atoms with E-state index >= 15 is 0 Å². The van der Waals surface area contributed by atoms with Crippen LogP contribution in [0.5, 0.6) is 0 Å². The second-order valence-corrected chi connectivity index (χ2v) is 8.97. The number of hydrogen-bond donors (Lipinski definition) is 1. The van der Waals surface area contributed by atoms with E-state index in [1.165, 1.54) is 11.3 Å². The highest BCUT2D eigenvalue weighted by Crippen LogP contribution is 2.31. The average molecular weight is 462 g/mol. The molecule has 0 aliphatic heterocycles. The Morgan fingerprint density at radius 1 is 0.906 bits per heavy atom. The molecule has 0 atom stereocenters. The van der Waals surface area contributed by atoms with Gasteiger partial charge in [0.15, 0.2) is 0 Å². The molecule has 5 rings (SSSR count). The van der Waals surface area contributed by atoms with Crippen LogP contribution in [0.25, 0.3) is 21.6 Å². The van der Waals surface area contributed by atoms with E-state index in [1.54, 1.807) is 4.68 Å². The van der Waals surface area contributed by atoms with E-state index in [9.17, 15) is 4.79 Å². The molecule has 6 nitrogen and oxygen atoms in total. The van der Waals surface area contributed by atoms with Gasteiger partial charge in [0.1, 0.15) is 4.83 Å². The van der Waals surface area contributed by atoms with Crippen molar-refractivity contribution in [3.8, 4) is 11.4 Å². The number of aromatic nitrogens is 4. The number of halogens is 1. The zero-order chi connectivity index (χ0) is 22.4. The fraction of sp³-hybridized carbons (Fsp3) is 0.125. The molecule has 0 spiro atoms. The van der Waals surface area contributed by atoms with Crippen molar-refractivity contribution in [2.75, 3.05) is 5.32 Å². The van der Waals surface area contributed by atoms with Crippen molar-refractivity contribution < 1.29 is 4.79 Å². The maximum atomic E-state index is 12.9. The van der Waals surface area contributed by atoms with Crippen molar-refractivity contribution in [3.05, 3.63) is 87.6 Å². The fourth-order valence-electron chi connectivity index (χ4n) is 3.66. The van der Waals surface area contributed by atoms with E-state index in [2.05, 4.69) is 15.5 Å². The molecule has 0 aliphatic carbocycles. The molecule has 0 aliphatic rings. The van der Waals surface area contributed by atoms with Crippen molar-refractivity contribution in [2.24, 2.45) is 0 Å². The van der Waals surface area contributed by atoms with Crippen LogP contribution in [-0.2, 0) is 0 Å². The van der Waals surface area contributed by atoms with E-state index < -0.39 is 0 Å². The largest absolute Gasteiger partial charge is 0.321 e. The molecular formula is C24H20ClN5OS. The molecule has 2 aromatic carbocycles. The van der Waals surface area contributed by atoms with Gasteiger partial charge in [0.2, 0.25) is 0 Å². The summed E-state index contributed by atoms with van der Waals surface area (Å²) in [6.07, 6.45) is 0. The summed E-state index contributed by atoms with van der Waals surface area (Å²) in [6.45, 7) is 5.77. The first kappa shape index (κ1) is 20.5. The van der Waals surface area contributed by atoms with Crippen molar-refractivity contribution in [3.63, 3.8) is 0 Å². The lowest BCUT2D eigenvalue weighted by Crippen LogP contribution is -2.10. The van der Waals surface area contributed by atoms with Crippen molar-refractivity contribution >= 4 is 44.7 Å². The first-order valence-electron chi connectivity index (χ1n) is 10.1. The number of benzene rings is 2. The Labute approximate surface area is 194 Å². The fourth-order valence-corrected chi connectivity index (χ4v) is 4.85. The van der Waals surface area contributed by atoms with E-state index in [0.29, 0.717) is 15.6 Å². The Kier molecular flexibility index (Phi) is 5.07. The quantitative estimate of drug-likeness (QED) is 0.351. The zero-order valence-corrected chi connectivity index (χ0v) is 19.3. The number of hydrogen-bond acceptors (Lipinski definition) is 4. The average Bonchev–Trinajstić information content (AvgIpc) is 3.45. The van der Waals surface area contributed by atoms with E-state index in [-0.39, 0.29) is 5.91 Å². The Bertz CT molecular complexity index is 1450. The maximum absolute atomic E-state index is 12.9. The Morgan fingerprint density at radius 3 is 2.22 bits per heavy atom. The number of nitrogens with one attached hydrogen (secondary N) is 1. The van der Waals surface area contributed by atoms with Crippen LogP contribution in [0.1, 0.15) is 26.8 Å². The second-order valence-electron chi connectivity index (χ2n) is 7.56. The number of fused-ring (bicyclic) bond motifs is 1. The smallest absolute Gasteiger partial charge is 0.265 e. The third-order valence-electron chi connectivity index (χ3n) is 5.34. The van der Waals surface area contributed by atoms with Crippen LogP contribution in [0.15, 0.2) is 60.7 Å². The number of amides is 1. The van der Waals surface area contributed by atoms with Gasteiger partial charge in [-0.05, 0) is 63.2 Å². The number of thiophene rings is 1. The molecule has 0 unspecified atom stereocenters. The van der Waals surface area contributed by atoms with Gasteiger partial charge in [-0.2, -0.15) is 10.2 Å². The van der Waals surface area contributed by atoms with Gasteiger partial charge >= 0.3 is 0 Å². The molecule has 5 aromatic rings. The third-order valence-corrected chi connectivity index (χ3v) is 7.00. The minimum absolute atomic E-state index is 0.146. The summed E-state index contributed by atoms with van der Waals surface area (Å²) in [6, 6.07) is 19.4. The maximum Gasteiger partial charge on any atom is 0.265 e. The first-order chi connectivity index (χ1) is 15.4. The Morgan fingerprint density at radius 2 is 1.56 bits per heavy atom. The van der Waals surface area contributed by atoms with Gasteiger partial charge in [0.25, 0.3) is 5.91 Å². The Hall–Kier alpha value is -3.42. The SMILES string of the molecule is Cc1nn(-c2ccc(NC(=O)c3cc4c(C)nn(-c5ccccc5)c4s3)cc2)c(C)c1Cl. The molecule has 0 saturated carbocycles. The molecule has 1 N–H and O–H groups in total. The van der Waals surface area contributed by atoms with Crippen LogP contribution in [0.4, 0.5) is 5.69 Å². The lowest BCUT2D eigenvalue weighted by atomic mass is 10.2. The summed E-state index contributed by atoms with van der Waals surface area (Å²) >= 11 is 7.69. The van der Waals surface area contributed by atoms with Crippen LogP contribution < -0.4 is 5.32 Å². The second kappa shape index (κ2) is 7.93. The van der Waals surface area contributed by atoms with Gasteiger partial charge in [-0.15, -0.1) is 11.3 Å². The molecule has 0 radical (unpaired) electrons. The van der Waals surface area contributed by atoms with Crippen molar-refractivity contribution in [2.45, 2.75) is 20.8 Å². The Balaban J connectivity index is 1.40.